The molecule has 4 saturated carbocycles. The number of ketones is 1. The fraction of sp³-hybridized carbons (Fsp3) is 0.850. The summed E-state index contributed by atoms with van der Waals surface area (Å²) in [7, 11) is 0. The van der Waals surface area contributed by atoms with Crippen molar-refractivity contribution >= 4 is 5.78 Å². The van der Waals surface area contributed by atoms with E-state index >= 15 is 0 Å². The molecule has 0 aromatic rings. The van der Waals surface area contributed by atoms with Crippen LogP contribution in [0, 0.1) is 34.0 Å². The number of aliphatic hydroxyl groups is 4. The Labute approximate surface area is 148 Å². The Morgan fingerprint density at radius 3 is 2.28 bits per heavy atom. The van der Waals surface area contributed by atoms with Gasteiger partial charge in [0.1, 0.15) is 0 Å². The van der Waals surface area contributed by atoms with Gasteiger partial charge >= 0.3 is 0 Å². The highest BCUT2D eigenvalue weighted by atomic mass is 16.3. The van der Waals surface area contributed by atoms with Crippen molar-refractivity contribution in [2.24, 2.45) is 34.0 Å². The summed E-state index contributed by atoms with van der Waals surface area (Å²) in [5.41, 5.74) is -1.82. The molecule has 0 saturated heterocycles. The fourth-order valence-electron chi connectivity index (χ4n) is 7.33. The van der Waals surface area contributed by atoms with Gasteiger partial charge < -0.3 is 20.4 Å². The summed E-state index contributed by atoms with van der Waals surface area (Å²) in [6.07, 6.45) is -1.41. The highest BCUT2D eigenvalue weighted by molar-refractivity contribution is 6.04. The minimum Gasteiger partial charge on any atom is -0.393 e. The lowest BCUT2D eigenvalue weighted by Crippen LogP contribution is -2.71. The number of hydrogen-bond acceptors (Lipinski definition) is 5. The molecule has 4 aliphatic carbocycles. The fourth-order valence-corrected chi connectivity index (χ4v) is 7.33. The zero-order valence-electron chi connectivity index (χ0n) is 15.3. The standard InChI is InChI=1S/C20H30O5/c1-9-15-10(21)7-12-19(4)11(18(2,3)6-5-13(19)22)8-14(23)20(12,16(9)24)17(15)25/h10-15,17,21-23,25H,1,5-8H2,2-4H3/t10-,11+,12-,13-,14+,15+,17+,19+,20-/m0/s1. The van der Waals surface area contributed by atoms with E-state index in [0.29, 0.717) is 19.3 Å². The lowest BCUT2D eigenvalue weighted by Gasteiger charge is -2.66. The third-order valence-electron chi connectivity index (χ3n) is 8.62. The zero-order chi connectivity index (χ0) is 18.5. The largest absolute Gasteiger partial charge is 0.393 e. The molecule has 0 radical (unpaired) electrons. The quantitative estimate of drug-likeness (QED) is 0.489. The minimum absolute atomic E-state index is 0.0204. The molecule has 0 heterocycles. The van der Waals surface area contributed by atoms with Gasteiger partial charge in [-0.2, -0.15) is 0 Å². The summed E-state index contributed by atoms with van der Waals surface area (Å²) in [4.78, 5) is 13.2. The predicted molar refractivity (Wildman–Crippen MR) is 91.4 cm³/mol. The Kier molecular flexibility index (Phi) is 3.49. The van der Waals surface area contributed by atoms with Crippen molar-refractivity contribution in [3.8, 4) is 0 Å². The van der Waals surface area contributed by atoms with Crippen molar-refractivity contribution in [3.63, 3.8) is 0 Å². The van der Waals surface area contributed by atoms with Gasteiger partial charge in [-0.05, 0) is 48.5 Å². The van der Waals surface area contributed by atoms with Crippen LogP contribution in [0.1, 0.15) is 46.5 Å². The molecule has 5 heteroatoms. The Bertz CT molecular complexity index is 642. The van der Waals surface area contributed by atoms with Crippen LogP contribution in [-0.4, -0.2) is 50.6 Å². The molecule has 5 nitrogen and oxygen atoms in total. The van der Waals surface area contributed by atoms with Crippen LogP contribution in [-0.2, 0) is 4.79 Å². The molecule has 4 N–H and O–H groups in total. The van der Waals surface area contributed by atoms with Gasteiger partial charge in [0.15, 0.2) is 5.78 Å². The first-order chi connectivity index (χ1) is 11.5. The molecule has 4 rings (SSSR count). The highest BCUT2D eigenvalue weighted by Gasteiger charge is 2.76. The van der Waals surface area contributed by atoms with Crippen LogP contribution in [0.5, 0.6) is 0 Å². The molecule has 0 aromatic heterocycles. The second-order valence-electron chi connectivity index (χ2n) is 9.83. The van der Waals surface area contributed by atoms with Gasteiger partial charge in [0.05, 0.1) is 29.8 Å². The van der Waals surface area contributed by atoms with Gasteiger partial charge in [-0.25, -0.2) is 0 Å². The van der Waals surface area contributed by atoms with Gasteiger partial charge in [-0.3, -0.25) is 4.79 Å². The van der Waals surface area contributed by atoms with Crippen molar-refractivity contribution in [2.45, 2.75) is 70.9 Å². The highest BCUT2D eigenvalue weighted by Crippen LogP contribution is 2.70. The number of carbonyl (C=O) groups excluding carboxylic acids is 1. The van der Waals surface area contributed by atoms with E-state index in [1.165, 1.54) is 0 Å². The van der Waals surface area contributed by atoms with Crippen LogP contribution in [0.25, 0.3) is 0 Å². The minimum atomic E-state index is -1.33. The molecular weight excluding hydrogens is 320 g/mol. The molecule has 140 valence electrons. The second kappa shape index (κ2) is 4.94. The smallest absolute Gasteiger partial charge is 0.170 e. The number of carbonyl (C=O) groups is 1. The van der Waals surface area contributed by atoms with Crippen molar-refractivity contribution in [1.29, 1.82) is 0 Å². The molecular formula is C20H30O5. The summed E-state index contributed by atoms with van der Waals surface area (Å²) >= 11 is 0. The number of hydrogen-bond donors (Lipinski definition) is 4. The average molecular weight is 350 g/mol. The maximum Gasteiger partial charge on any atom is 0.170 e. The van der Waals surface area contributed by atoms with Gasteiger partial charge in [0, 0.05) is 11.3 Å². The number of aliphatic hydroxyl groups excluding tert-OH is 4. The third-order valence-corrected chi connectivity index (χ3v) is 8.62. The molecule has 4 aliphatic rings. The maximum atomic E-state index is 13.2. The van der Waals surface area contributed by atoms with Crippen molar-refractivity contribution < 1.29 is 25.2 Å². The third kappa shape index (κ3) is 1.76. The zero-order valence-corrected chi connectivity index (χ0v) is 15.3. The maximum absolute atomic E-state index is 13.2. The number of Topliss-reactive ketones (excluding diaryl/α,β-unsaturated/α-hetero) is 1. The molecule has 9 atom stereocenters. The van der Waals surface area contributed by atoms with Crippen LogP contribution in [0.3, 0.4) is 0 Å². The SMILES string of the molecule is C=C1C(=O)[C@@]23[C@H](O)C[C@@H]4C(C)(C)CC[C@H](O)[C@@]4(C)[C@@H]2C[C@H](O)[C@@H]1[C@H]3O. The number of fused-ring (bicyclic) bond motifs is 3. The van der Waals surface area contributed by atoms with Crippen molar-refractivity contribution in [2.75, 3.05) is 0 Å². The Balaban J connectivity index is 1.93. The first kappa shape index (κ1) is 17.7. The first-order valence-electron chi connectivity index (χ1n) is 9.46. The number of rotatable bonds is 0. The average Bonchev–Trinajstić information content (AvgIpc) is 2.66. The van der Waals surface area contributed by atoms with E-state index in [1.54, 1.807) is 0 Å². The molecule has 4 fully saturated rings. The van der Waals surface area contributed by atoms with Gasteiger partial charge in [-0.15, -0.1) is 0 Å². The topological polar surface area (TPSA) is 98.0 Å². The van der Waals surface area contributed by atoms with E-state index in [0.717, 1.165) is 6.42 Å². The molecule has 1 spiro atoms. The molecule has 0 amide bonds. The molecule has 25 heavy (non-hydrogen) atoms. The lowest BCUT2D eigenvalue weighted by atomic mass is 9.39. The molecule has 2 bridgehead atoms. The Hall–Kier alpha value is -0.750. The second-order valence-corrected chi connectivity index (χ2v) is 9.83. The molecule has 0 aromatic carbocycles. The molecule has 0 unspecified atom stereocenters. The van der Waals surface area contributed by atoms with E-state index in [9.17, 15) is 25.2 Å². The summed E-state index contributed by atoms with van der Waals surface area (Å²) < 4.78 is 0. The molecule has 0 aliphatic heterocycles. The van der Waals surface area contributed by atoms with Crippen molar-refractivity contribution in [1.82, 2.24) is 0 Å². The van der Waals surface area contributed by atoms with E-state index in [-0.39, 0.29) is 22.7 Å². The van der Waals surface area contributed by atoms with Crippen LogP contribution in [0.2, 0.25) is 0 Å². The summed E-state index contributed by atoms with van der Waals surface area (Å²) in [6, 6.07) is 0. The summed E-state index contributed by atoms with van der Waals surface area (Å²) in [5.74, 6) is -1.45. The van der Waals surface area contributed by atoms with Crippen LogP contribution >= 0.6 is 0 Å². The van der Waals surface area contributed by atoms with E-state index < -0.39 is 47.1 Å². The van der Waals surface area contributed by atoms with Gasteiger partial charge in [0.25, 0.3) is 0 Å². The van der Waals surface area contributed by atoms with E-state index in [4.69, 9.17) is 0 Å². The van der Waals surface area contributed by atoms with Crippen LogP contribution in [0.4, 0.5) is 0 Å². The van der Waals surface area contributed by atoms with E-state index in [1.807, 2.05) is 6.92 Å². The first-order valence-corrected chi connectivity index (χ1v) is 9.46. The summed E-state index contributed by atoms with van der Waals surface area (Å²) in [5, 5.41) is 43.8. The normalized spacial score (nSPS) is 57.2. The van der Waals surface area contributed by atoms with Gasteiger partial charge in [-0.1, -0.05) is 27.4 Å². The lowest BCUT2D eigenvalue weighted by molar-refractivity contribution is -0.261. The predicted octanol–water partition coefficient (Wildman–Crippen LogP) is 1.04. The monoisotopic (exact) mass is 350 g/mol. The Morgan fingerprint density at radius 1 is 1.00 bits per heavy atom. The van der Waals surface area contributed by atoms with Crippen LogP contribution < -0.4 is 0 Å². The van der Waals surface area contributed by atoms with Gasteiger partial charge in [0.2, 0.25) is 0 Å². The Morgan fingerprint density at radius 2 is 1.64 bits per heavy atom. The van der Waals surface area contributed by atoms with E-state index in [2.05, 4.69) is 20.4 Å². The van der Waals surface area contributed by atoms with Crippen LogP contribution in [0.15, 0.2) is 12.2 Å². The van der Waals surface area contributed by atoms with Crippen molar-refractivity contribution in [3.05, 3.63) is 12.2 Å². The summed E-state index contributed by atoms with van der Waals surface area (Å²) in [6.45, 7) is 10.1.